The van der Waals surface area contributed by atoms with Crippen molar-refractivity contribution in [2.75, 3.05) is 26.4 Å². The van der Waals surface area contributed by atoms with Gasteiger partial charge in [0.1, 0.15) is 12.7 Å². The van der Waals surface area contributed by atoms with Crippen LogP contribution in [-0.2, 0) is 22.4 Å². The molecule has 1 fully saturated rings. The summed E-state index contributed by atoms with van der Waals surface area (Å²) in [7, 11) is 0. The van der Waals surface area contributed by atoms with E-state index < -0.39 is 0 Å². The van der Waals surface area contributed by atoms with Gasteiger partial charge in [-0.1, -0.05) is 18.2 Å². The van der Waals surface area contributed by atoms with Crippen LogP contribution in [0.2, 0.25) is 0 Å². The van der Waals surface area contributed by atoms with Crippen molar-refractivity contribution in [3.8, 4) is 28.3 Å². The van der Waals surface area contributed by atoms with E-state index >= 15 is 0 Å². The maximum atomic E-state index is 12.6. The molecular weight excluding hydrogens is 384 g/mol. The molecule has 0 spiro atoms. The van der Waals surface area contributed by atoms with Gasteiger partial charge in [0.2, 0.25) is 5.88 Å². The fourth-order valence-electron chi connectivity index (χ4n) is 4.22. The number of H-pyrrole nitrogens is 1. The van der Waals surface area contributed by atoms with Crippen LogP contribution in [-0.4, -0.2) is 52.3 Å². The van der Waals surface area contributed by atoms with Crippen LogP contribution >= 0.6 is 0 Å². The highest BCUT2D eigenvalue weighted by Gasteiger charge is 2.22. The van der Waals surface area contributed by atoms with Gasteiger partial charge >= 0.3 is 5.69 Å². The van der Waals surface area contributed by atoms with Gasteiger partial charge in [0, 0.05) is 29.4 Å². The van der Waals surface area contributed by atoms with Crippen LogP contribution in [0.1, 0.15) is 17.0 Å². The second kappa shape index (κ2) is 7.70. The van der Waals surface area contributed by atoms with E-state index in [9.17, 15) is 4.79 Å². The topological polar surface area (TPSA) is 91.3 Å². The molecule has 2 aliphatic rings. The molecule has 4 heterocycles. The van der Waals surface area contributed by atoms with E-state index in [1.54, 1.807) is 4.57 Å². The second-order valence-electron chi connectivity index (χ2n) is 7.72. The second-order valence-corrected chi connectivity index (χ2v) is 7.72. The Bertz CT molecular complexity index is 1130. The summed E-state index contributed by atoms with van der Waals surface area (Å²) in [6.07, 6.45) is 0.636. The van der Waals surface area contributed by atoms with Crippen LogP contribution in [0.25, 0.3) is 22.4 Å². The van der Waals surface area contributed by atoms with Crippen LogP contribution in [0.5, 0.6) is 5.88 Å². The van der Waals surface area contributed by atoms with E-state index in [0.717, 1.165) is 40.2 Å². The van der Waals surface area contributed by atoms with Crippen molar-refractivity contribution in [3.05, 3.63) is 51.7 Å². The predicted molar refractivity (Wildman–Crippen MR) is 111 cm³/mol. The number of ether oxygens (including phenoxy) is 3. The first-order chi connectivity index (χ1) is 14.6. The quantitative estimate of drug-likeness (QED) is 0.712. The number of hydrogen-bond donors (Lipinski definition) is 1. The molecule has 5 rings (SSSR count). The Kier molecular flexibility index (Phi) is 4.88. The molecule has 3 aromatic rings. The average molecular weight is 408 g/mol. The third-order valence-electron chi connectivity index (χ3n) is 5.69. The Hall–Kier alpha value is -2.97. The number of aromatic nitrogens is 4. The fraction of sp³-hybridized carbons (Fsp3) is 0.409. The van der Waals surface area contributed by atoms with E-state index in [2.05, 4.69) is 33.4 Å². The number of hydrogen-bond acceptors (Lipinski definition) is 6. The zero-order valence-electron chi connectivity index (χ0n) is 17.1. The minimum Gasteiger partial charge on any atom is -0.475 e. The monoisotopic (exact) mass is 408 g/mol. The fourth-order valence-corrected chi connectivity index (χ4v) is 4.22. The van der Waals surface area contributed by atoms with Crippen molar-refractivity contribution < 1.29 is 14.2 Å². The van der Waals surface area contributed by atoms with Gasteiger partial charge in [0.05, 0.1) is 31.2 Å². The molecule has 2 aliphatic heterocycles. The minimum absolute atomic E-state index is 0.143. The molecule has 1 atom stereocenters. The summed E-state index contributed by atoms with van der Waals surface area (Å²) < 4.78 is 18.5. The third kappa shape index (κ3) is 3.42. The summed E-state index contributed by atoms with van der Waals surface area (Å²) in [6.45, 7) is 6.58. The molecule has 0 saturated carbocycles. The van der Waals surface area contributed by atoms with Crippen molar-refractivity contribution in [1.29, 1.82) is 0 Å². The van der Waals surface area contributed by atoms with Crippen molar-refractivity contribution in [3.63, 3.8) is 0 Å². The number of aromatic amines is 1. The Morgan fingerprint density at radius 1 is 1.27 bits per heavy atom. The lowest BCUT2D eigenvalue weighted by molar-refractivity contribution is -0.102. The SMILES string of the molecule is Cc1n[nH]c(C)c1-c1ccc2c(c1)CCn1c-2cc(OCC2COCCO2)nc1=O. The number of fused-ring (bicyclic) bond motifs is 3. The van der Waals surface area contributed by atoms with Crippen LogP contribution in [0.4, 0.5) is 0 Å². The van der Waals surface area contributed by atoms with E-state index in [-0.39, 0.29) is 11.8 Å². The van der Waals surface area contributed by atoms with E-state index in [1.807, 2.05) is 19.9 Å². The molecule has 156 valence electrons. The summed E-state index contributed by atoms with van der Waals surface area (Å²) in [4.78, 5) is 16.7. The molecule has 30 heavy (non-hydrogen) atoms. The molecule has 1 aromatic carbocycles. The number of nitrogens with zero attached hydrogens (tertiary/aromatic N) is 3. The Morgan fingerprint density at radius 3 is 2.93 bits per heavy atom. The Morgan fingerprint density at radius 2 is 2.17 bits per heavy atom. The number of aryl methyl sites for hydroxylation is 3. The molecule has 0 amide bonds. The maximum absolute atomic E-state index is 12.6. The summed E-state index contributed by atoms with van der Waals surface area (Å²) in [5.41, 5.74) is 7.07. The highest BCUT2D eigenvalue weighted by atomic mass is 16.6. The molecule has 0 aliphatic carbocycles. The van der Waals surface area contributed by atoms with Gasteiger partial charge in [-0.3, -0.25) is 9.67 Å². The molecule has 1 saturated heterocycles. The van der Waals surface area contributed by atoms with Crippen LogP contribution in [0.15, 0.2) is 29.1 Å². The summed E-state index contributed by atoms with van der Waals surface area (Å²) >= 11 is 0. The van der Waals surface area contributed by atoms with Gasteiger partial charge < -0.3 is 14.2 Å². The number of benzene rings is 1. The Labute approximate surface area is 173 Å². The lowest BCUT2D eigenvalue weighted by Crippen LogP contribution is -2.34. The standard InChI is InChI=1S/C22H24N4O4/c1-13-21(14(2)25-24-13)16-3-4-18-15(9-16)5-6-26-19(18)10-20(23-22(26)27)30-12-17-11-28-7-8-29-17/h3-4,9-10,17H,5-8,11-12H2,1-2H3,(H,24,25). The highest BCUT2D eigenvalue weighted by Crippen LogP contribution is 2.34. The zero-order valence-corrected chi connectivity index (χ0v) is 17.1. The molecule has 2 aromatic heterocycles. The van der Waals surface area contributed by atoms with E-state index in [1.165, 1.54) is 5.56 Å². The number of rotatable bonds is 4. The first-order valence-corrected chi connectivity index (χ1v) is 10.2. The van der Waals surface area contributed by atoms with Gasteiger partial charge in [-0.2, -0.15) is 10.1 Å². The summed E-state index contributed by atoms with van der Waals surface area (Å²) in [5, 5.41) is 7.36. The molecule has 1 N–H and O–H groups in total. The molecule has 0 radical (unpaired) electrons. The average Bonchev–Trinajstić information content (AvgIpc) is 3.10. The van der Waals surface area contributed by atoms with Gasteiger partial charge in [-0.05, 0) is 31.4 Å². The lowest BCUT2D eigenvalue weighted by Gasteiger charge is -2.24. The summed E-state index contributed by atoms with van der Waals surface area (Å²) in [6, 6.07) is 8.19. The largest absolute Gasteiger partial charge is 0.475 e. The zero-order chi connectivity index (χ0) is 20.7. The van der Waals surface area contributed by atoms with Gasteiger partial charge in [0.25, 0.3) is 0 Å². The molecule has 1 unspecified atom stereocenters. The van der Waals surface area contributed by atoms with Crippen molar-refractivity contribution in [1.82, 2.24) is 19.7 Å². The van der Waals surface area contributed by atoms with Gasteiger partial charge in [-0.25, -0.2) is 4.79 Å². The molecular formula is C22H24N4O4. The predicted octanol–water partition coefficient (Wildman–Crippen LogP) is 2.27. The molecule has 8 nitrogen and oxygen atoms in total. The summed E-state index contributed by atoms with van der Waals surface area (Å²) in [5.74, 6) is 0.318. The van der Waals surface area contributed by atoms with Crippen molar-refractivity contribution >= 4 is 0 Å². The Balaban J connectivity index is 1.47. The molecule has 0 bridgehead atoms. The first-order valence-electron chi connectivity index (χ1n) is 10.2. The van der Waals surface area contributed by atoms with Gasteiger partial charge in [-0.15, -0.1) is 0 Å². The lowest BCUT2D eigenvalue weighted by atomic mass is 9.93. The van der Waals surface area contributed by atoms with Gasteiger partial charge in [0.15, 0.2) is 0 Å². The normalized spacial score (nSPS) is 18.0. The van der Waals surface area contributed by atoms with Crippen LogP contribution in [0, 0.1) is 13.8 Å². The third-order valence-corrected chi connectivity index (χ3v) is 5.69. The van der Waals surface area contributed by atoms with Crippen LogP contribution < -0.4 is 10.4 Å². The first kappa shape index (κ1) is 19.0. The maximum Gasteiger partial charge on any atom is 0.351 e. The minimum atomic E-state index is -0.292. The highest BCUT2D eigenvalue weighted by molar-refractivity contribution is 5.75. The van der Waals surface area contributed by atoms with Crippen molar-refractivity contribution in [2.24, 2.45) is 0 Å². The van der Waals surface area contributed by atoms with Crippen LogP contribution in [0.3, 0.4) is 0 Å². The smallest absolute Gasteiger partial charge is 0.351 e. The van der Waals surface area contributed by atoms with E-state index in [4.69, 9.17) is 14.2 Å². The number of nitrogens with one attached hydrogen (secondary N) is 1. The van der Waals surface area contributed by atoms with E-state index in [0.29, 0.717) is 38.9 Å². The van der Waals surface area contributed by atoms with Crippen molar-refractivity contribution in [2.45, 2.75) is 32.9 Å². The molecule has 8 heteroatoms.